The van der Waals surface area contributed by atoms with E-state index in [0.717, 1.165) is 13.1 Å². The molecule has 8 heavy (non-hydrogen) atoms. The van der Waals surface area contributed by atoms with E-state index in [-0.39, 0.29) is 0 Å². The smallest absolute Gasteiger partial charge is 0.0895 e. The molecular formula is C6H8N2. The molecule has 0 atom stereocenters. The van der Waals surface area contributed by atoms with Crippen LogP contribution in [0.25, 0.3) is 0 Å². The van der Waals surface area contributed by atoms with Crippen molar-refractivity contribution in [3.05, 3.63) is 18.5 Å². The maximum atomic E-state index is 3.99. The van der Waals surface area contributed by atoms with Gasteiger partial charge < -0.3 is 4.90 Å². The second kappa shape index (κ2) is 2.34. The van der Waals surface area contributed by atoms with Crippen molar-refractivity contribution >= 4 is 6.34 Å². The highest BCUT2D eigenvalue weighted by Crippen LogP contribution is 1.90. The number of aliphatic imine (C=N–C) groups is 1. The van der Waals surface area contributed by atoms with Crippen molar-refractivity contribution in [1.29, 1.82) is 0 Å². The lowest BCUT2D eigenvalue weighted by Crippen LogP contribution is -2.10. The molecule has 0 fully saturated rings. The van der Waals surface area contributed by atoms with Gasteiger partial charge in [-0.25, -0.2) is 0 Å². The van der Waals surface area contributed by atoms with Crippen LogP contribution in [-0.4, -0.2) is 24.3 Å². The van der Waals surface area contributed by atoms with E-state index in [9.17, 15) is 0 Å². The molecule has 0 saturated carbocycles. The first kappa shape index (κ1) is 5.13. The molecule has 0 unspecified atom stereocenters. The van der Waals surface area contributed by atoms with Crippen LogP contribution in [0.15, 0.2) is 23.5 Å². The first-order valence-electron chi connectivity index (χ1n) is 2.55. The maximum absolute atomic E-state index is 3.99. The van der Waals surface area contributed by atoms with E-state index in [2.05, 4.69) is 17.3 Å². The molecule has 0 N–H and O–H groups in total. The zero-order valence-corrected chi connectivity index (χ0v) is 4.67. The van der Waals surface area contributed by atoms with E-state index < -0.39 is 0 Å². The van der Waals surface area contributed by atoms with Gasteiger partial charge in [-0.15, -0.1) is 5.73 Å². The summed E-state index contributed by atoms with van der Waals surface area (Å²) in [6, 6.07) is 0. The first-order chi connectivity index (χ1) is 3.93. The van der Waals surface area contributed by atoms with Crippen LogP contribution in [0.2, 0.25) is 0 Å². The molecule has 0 saturated heterocycles. The van der Waals surface area contributed by atoms with E-state index in [1.165, 1.54) is 0 Å². The van der Waals surface area contributed by atoms with Gasteiger partial charge in [-0.1, -0.05) is 6.58 Å². The van der Waals surface area contributed by atoms with Gasteiger partial charge in [0, 0.05) is 12.7 Å². The van der Waals surface area contributed by atoms with Crippen LogP contribution >= 0.6 is 0 Å². The van der Waals surface area contributed by atoms with E-state index in [1.54, 1.807) is 12.5 Å². The highest BCUT2D eigenvalue weighted by atomic mass is 15.2. The van der Waals surface area contributed by atoms with Crippen molar-refractivity contribution in [2.24, 2.45) is 4.99 Å². The third-order valence-electron chi connectivity index (χ3n) is 0.974. The average molecular weight is 108 g/mol. The Hall–Kier alpha value is -1.01. The molecule has 0 aromatic rings. The van der Waals surface area contributed by atoms with Crippen LogP contribution < -0.4 is 0 Å². The molecule has 0 bridgehead atoms. The molecule has 0 aromatic heterocycles. The molecule has 1 aliphatic heterocycles. The Kier molecular flexibility index (Phi) is 1.50. The fourth-order valence-corrected chi connectivity index (χ4v) is 0.609. The second-order valence-electron chi connectivity index (χ2n) is 1.59. The Balaban J connectivity index is 2.48. The van der Waals surface area contributed by atoms with E-state index in [4.69, 9.17) is 0 Å². The van der Waals surface area contributed by atoms with E-state index in [1.807, 2.05) is 4.90 Å². The zero-order valence-electron chi connectivity index (χ0n) is 4.67. The van der Waals surface area contributed by atoms with Gasteiger partial charge in [0.15, 0.2) is 0 Å². The summed E-state index contributed by atoms with van der Waals surface area (Å²) in [5, 5.41) is 0. The fraction of sp³-hybridized carbons (Fsp3) is 0.333. The normalized spacial score (nSPS) is 16.2. The molecule has 2 nitrogen and oxygen atoms in total. The average Bonchev–Trinajstić information content (AvgIpc) is 2.19. The van der Waals surface area contributed by atoms with Crippen molar-refractivity contribution in [2.45, 2.75) is 0 Å². The predicted molar refractivity (Wildman–Crippen MR) is 33.8 cm³/mol. The van der Waals surface area contributed by atoms with Gasteiger partial charge in [-0.3, -0.25) is 4.99 Å². The van der Waals surface area contributed by atoms with Gasteiger partial charge in [-0.2, -0.15) is 0 Å². The van der Waals surface area contributed by atoms with Crippen LogP contribution in [0, 0.1) is 0 Å². The third kappa shape index (κ3) is 0.983. The summed E-state index contributed by atoms with van der Waals surface area (Å²) >= 11 is 0. The van der Waals surface area contributed by atoms with Gasteiger partial charge >= 0.3 is 0 Å². The lowest BCUT2D eigenvalue weighted by atomic mass is 10.6. The molecule has 0 aliphatic carbocycles. The Morgan fingerprint density at radius 2 is 2.75 bits per heavy atom. The van der Waals surface area contributed by atoms with Crippen molar-refractivity contribution < 1.29 is 0 Å². The van der Waals surface area contributed by atoms with Crippen LogP contribution in [0.1, 0.15) is 0 Å². The Morgan fingerprint density at radius 3 is 3.25 bits per heavy atom. The van der Waals surface area contributed by atoms with Gasteiger partial charge in [0.05, 0.1) is 12.9 Å². The molecule has 0 spiro atoms. The third-order valence-corrected chi connectivity index (χ3v) is 0.974. The summed E-state index contributed by atoms with van der Waals surface area (Å²) in [7, 11) is 0. The lowest BCUT2D eigenvalue weighted by molar-refractivity contribution is 0.625. The van der Waals surface area contributed by atoms with Crippen LogP contribution in [0.4, 0.5) is 0 Å². The van der Waals surface area contributed by atoms with Gasteiger partial charge in [0.2, 0.25) is 0 Å². The number of rotatable bonds is 1. The van der Waals surface area contributed by atoms with Crippen molar-refractivity contribution in [2.75, 3.05) is 13.1 Å². The SMILES string of the molecule is C=C=CN1C=NCC1. The maximum Gasteiger partial charge on any atom is 0.0895 e. The topological polar surface area (TPSA) is 15.6 Å². The quantitative estimate of drug-likeness (QED) is 0.450. The Morgan fingerprint density at radius 1 is 1.88 bits per heavy atom. The predicted octanol–water partition coefficient (Wildman–Crippen LogP) is 0.629. The molecule has 0 radical (unpaired) electrons. The molecule has 1 aliphatic rings. The molecule has 2 heteroatoms. The van der Waals surface area contributed by atoms with Crippen LogP contribution in [-0.2, 0) is 0 Å². The minimum absolute atomic E-state index is 0.901. The highest BCUT2D eigenvalue weighted by Gasteiger charge is 1.97. The minimum Gasteiger partial charge on any atom is -0.330 e. The summed E-state index contributed by atoms with van der Waals surface area (Å²) in [6.07, 6.45) is 3.58. The van der Waals surface area contributed by atoms with Gasteiger partial charge in [0.25, 0.3) is 0 Å². The fourth-order valence-electron chi connectivity index (χ4n) is 0.609. The largest absolute Gasteiger partial charge is 0.330 e. The molecule has 1 rings (SSSR count). The monoisotopic (exact) mass is 108 g/mol. The minimum atomic E-state index is 0.901. The number of nitrogens with zero attached hydrogens (tertiary/aromatic N) is 2. The van der Waals surface area contributed by atoms with Crippen molar-refractivity contribution in [1.82, 2.24) is 4.90 Å². The zero-order chi connectivity index (χ0) is 5.82. The van der Waals surface area contributed by atoms with Crippen LogP contribution in [0.5, 0.6) is 0 Å². The number of hydrogen-bond donors (Lipinski definition) is 0. The van der Waals surface area contributed by atoms with Crippen molar-refractivity contribution in [3.63, 3.8) is 0 Å². The Bertz CT molecular complexity index is 143. The summed E-state index contributed by atoms with van der Waals surface area (Å²) in [6.45, 7) is 5.32. The highest BCUT2D eigenvalue weighted by molar-refractivity contribution is 5.58. The second-order valence-corrected chi connectivity index (χ2v) is 1.59. The lowest BCUT2D eigenvalue weighted by Gasteiger charge is -2.01. The molecule has 1 heterocycles. The number of hydrogen-bond acceptors (Lipinski definition) is 2. The summed E-state index contributed by atoms with van der Waals surface area (Å²) in [5.41, 5.74) is 2.67. The van der Waals surface area contributed by atoms with Crippen LogP contribution in [0.3, 0.4) is 0 Å². The first-order valence-corrected chi connectivity index (χ1v) is 2.55. The molecule has 0 amide bonds. The molecule has 42 valence electrons. The van der Waals surface area contributed by atoms with Gasteiger partial charge in [-0.05, 0) is 0 Å². The van der Waals surface area contributed by atoms with Gasteiger partial charge in [0.1, 0.15) is 0 Å². The Labute approximate surface area is 48.8 Å². The summed E-state index contributed by atoms with van der Waals surface area (Å²) < 4.78 is 0. The standard InChI is InChI=1S/C6H8N2/c1-2-4-8-5-3-7-6-8/h4,6H,1,3,5H2. The van der Waals surface area contributed by atoms with E-state index in [0.29, 0.717) is 0 Å². The molecular weight excluding hydrogens is 100 g/mol. The molecule has 0 aromatic carbocycles. The summed E-state index contributed by atoms with van der Waals surface area (Å²) in [5.74, 6) is 0. The van der Waals surface area contributed by atoms with E-state index >= 15 is 0 Å². The summed E-state index contributed by atoms with van der Waals surface area (Å²) in [4.78, 5) is 5.94. The van der Waals surface area contributed by atoms with Crippen molar-refractivity contribution in [3.8, 4) is 0 Å².